The van der Waals surface area contributed by atoms with E-state index in [2.05, 4.69) is 62.2 Å². The molecule has 1 aliphatic heterocycles. The van der Waals surface area contributed by atoms with Gasteiger partial charge in [0.05, 0.1) is 6.54 Å². The molecule has 1 amide bonds. The predicted molar refractivity (Wildman–Crippen MR) is 117 cm³/mol. The SMILES string of the molecule is C[C@@H](CCN1CCc2nnc(CNC(=O)c3ccccc3)n2CC1)c1ccccc1. The lowest BCUT2D eigenvalue weighted by Crippen LogP contribution is -2.29. The maximum Gasteiger partial charge on any atom is 0.251 e. The molecule has 30 heavy (non-hydrogen) atoms. The zero-order valence-electron chi connectivity index (χ0n) is 17.5. The minimum Gasteiger partial charge on any atom is -0.345 e. The van der Waals surface area contributed by atoms with Crippen LogP contribution in [0.5, 0.6) is 0 Å². The lowest BCUT2D eigenvalue weighted by atomic mass is 9.98. The van der Waals surface area contributed by atoms with Crippen molar-refractivity contribution in [3.05, 3.63) is 83.4 Å². The summed E-state index contributed by atoms with van der Waals surface area (Å²) in [5.74, 6) is 2.31. The zero-order valence-corrected chi connectivity index (χ0v) is 17.5. The summed E-state index contributed by atoms with van der Waals surface area (Å²) < 4.78 is 2.17. The zero-order chi connectivity index (χ0) is 20.8. The largest absolute Gasteiger partial charge is 0.345 e. The molecule has 1 N–H and O–H groups in total. The molecule has 1 aromatic heterocycles. The number of fused-ring (bicyclic) bond motifs is 1. The highest BCUT2D eigenvalue weighted by Gasteiger charge is 2.19. The Morgan fingerprint density at radius 3 is 2.50 bits per heavy atom. The van der Waals surface area contributed by atoms with Gasteiger partial charge in [-0.2, -0.15) is 0 Å². The quantitative estimate of drug-likeness (QED) is 0.658. The van der Waals surface area contributed by atoms with Crippen LogP contribution in [0.25, 0.3) is 0 Å². The number of amides is 1. The van der Waals surface area contributed by atoms with Gasteiger partial charge in [-0.25, -0.2) is 0 Å². The molecule has 3 aromatic rings. The van der Waals surface area contributed by atoms with Crippen LogP contribution in [0.2, 0.25) is 0 Å². The van der Waals surface area contributed by atoms with Crippen molar-refractivity contribution in [1.29, 1.82) is 0 Å². The van der Waals surface area contributed by atoms with E-state index in [4.69, 9.17) is 0 Å². The van der Waals surface area contributed by atoms with E-state index in [1.54, 1.807) is 0 Å². The number of hydrogen-bond donors (Lipinski definition) is 1. The lowest BCUT2D eigenvalue weighted by Gasteiger charge is -2.22. The summed E-state index contributed by atoms with van der Waals surface area (Å²) in [6.07, 6.45) is 2.03. The Kier molecular flexibility index (Phi) is 6.54. The molecular formula is C24H29N5O. The Balaban J connectivity index is 1.30. The highest BCUT2D eigenvalue weighted by Crippen LogP contribution is 2.19. The van der Waals surface area contributed by atoms with Gasteiger partial charge in [0.1, 0.15) is 5.82 Å². The molecule has 2 heterocycles. The summed E-state index contributed by atoms with van der Waals surface area (Å²) in [6.45, 7) is 6.61. The molecule has 2 aromatic carbocycles. The first-order chi connectivity index (χ1) is 14.7. The Morgan fingerprint density at radius 2 is 1.73 bits per heavy atom. The van der Waals surface area contributed by atoms with Gasteiger partial charge in [-0.15, -0.1) is 10.2 Å². The summed E-state index contributed by atoms with van der Waals surface area (Å²) in [5.41, 5.74) is 2.06. The monoisotopic (exact) mass is 403 g/mol. The summed E-state index contributed by atoms with van der Waals surface area (Å²) >= 11 is 0. The van der Waals surface area contributed by atoms with Gasteiger partial charge >= 0.3 is 0 Å². The second kappa shape index (κ2) is 9.67. The molecule has 6 heteroatoms. The first-order valence-electron chi connectivity index (χ1n) is 10.7. The van der Waals surface area contributed by atoms with Crippen LogP contribution in [0.3, 0.4) is 0 Å². The number of nitrogens with one attached hydrogen (secondary N) is 1. The van der Waals surface area contributed by atoms with Gasteiger partial charge in [0.15, 0.2) is 5.82 Å². The van der Waals surface area contributed by atoms with Crippen molar-refractivity contribution in [2.45, 2.75) is 38.8 Å². The fraction of sp³-hybridized carbons (Fsp3) is 0.375. The van der Waals surface area contributed by atoms with Crippen LogP contribution >= 0.6 is 0 Å². The predicted octanol–water partition coefficient (Wildman–Crippen LogP) is 3.26. The van der Waals surface area contributed by atoms with E-state index in [0.717, 1.165) is 50.7 Å². The van der Waals surface area contributed by atoms with Crippen molar-refractivity contribution < 1.29 is 4.79 Å². The van der Waals surface area contributed by atoms with Gasteiger partial charge in [0.2, 0.25) is 0 Å². The van der Waals surface area contributed by atoms with Gasteiger partial charge in [-0.3, -0.25) is 4.79 Å². The van der Waals surface area contributed by atoms with Crippen LogP contribution in [0, 0.1) is 0 Å². The minimum absolute atomic E-state index is 0.0851. The van der Waals surface area contributed by atoms with Crippen LogP contribution < -0.4 is 5.32 Å². The Morgan fingerprint density at radius 1 is 1.00 bits per heavy atom. The second-order valence-electron chi connectivity index (χ2n) is 7.92. The van der Waals surface area contributed by atoms with Crippen molar-refractivity contribution in [3.63, 3.8) is 0 Å². The molecule has 1 atom stereocenters. The molecule has 0 fully saturated rings. The molecule has 0 aliphatic carbocycles. The number of carbonyl (C=O) groups excluding carboxylic acids is 1. The van der Waals surface area contributed by atoms with Crippen LogP contribution in [0.15, 0.2) is 60.7 Å². The fourth-order valence-electron chi connectivity index (χ4n) is 3.96. The summed E-state index contributed by atoms with van der Waals surface area (Å²) in [4.78, 5) is 14.8. The highest BCUT2D eigenvalue weighted by molar-refractivity contribution is 5.93. The molecule has 0 unspecified atom stereocenters. The maximum atomic E-state index is 12.3. The minimum atomic E-state index is -0.0851. The Hall–Kier alpha value is -2.99. The molecule has 4 rings (SSSR count). The second-order valence-corrected chi connectivity index (χ2v) is 7.92. The van der Waals surface area contributed by atoms with Crippen LogP contribution in [0.1, 0.15) is 46.8 Å². The topological polar surface area (TPSA) is 63.1 Å². The standard InChI is InChI=1S/C24H29N5O/c1-19(20-8-4-2-5-9-20)12-14-28-15-13-22-26-27-23(29(22)17-16-28)18-25-24(30)21-10-6-3-7-11-21/h2-11,19H,12-18H2,1H3,(H,25,30)/t19-/m0/s1. The molecule has 156 valence electrons. The highest BCUT2D eigenvalue weighted by atomic mass is 16.1. The van der Waals surface area contributed by atoms with Crippen LogP contribution in [-0.2, 0) is 19.5 Å². The third-order valence-electron chi connectivity index (χ3n) is 5.89. The molecule has 6 nitrogen and oxygen atoms in total. The first kappa shape index (κ1) is 20.3. The number of benzene rings is 2. The summed E-state index contributed by atoms with van der Waals surface area (Å²) in [6, 6.07) is 20.0. The molecule has 0 bridgehead atoms. The van der Waals surface area contributed by atoms with E-state index in [1.165, 1.54) is 5.56 Å². The number of aromatic nitrogens is 3. The van der Waals surface area contributed by atoms with Crippen molar-refractivity contribution >= 4 is 5.91 Å². The average Bonchev–Trinajstić information content (AvgIpc) is 3.07. The smallest absolute Gasteiger partial charge is 0.251 e. The Labute approximate surface area is 177 Å². The number of rotatable bonds is 7. The van der Waals surface area contributed by atoms with Gasteiger partial charge < -0.3 is 14.8 Å². The molecule has 1 aliphatic rings. The van der Waals surface area contributed by atoms with Crippen molar-refractivity contribution in [2.75, 3.05) is 19.6 Å². The van der Waals surface area contributed by atoms with Crippen LogP contribution in [-0.4, -0.2) is 45.2 Å². The lowest BCUT2D eigenvalue weighted by molar-refractivity contribution is 0.0949. The van der Waals surface area contributed by atoms with E-state index >= 15 is 0 Å². The normalized spacial score (nSPS) is 15.2. The first-order valence-corrected chi connectivity index (χ1v) is 10.7. The summed E-state index contributed by atoms with van der Waals surface area (Å²) in [5, 5.41) is 11.7. The molecule has 0 saturated carbocycles. The van der Waals surface area contributed by atoms with E-state index < -0.39 is 0 Å². The van der Waals surface area contributed by atoms with Crippen LogP contribution in [0.4, 0.5) is 0 Å². The molecule has 0 radical (unpaired) electrons. The fourth-order valence-corrected chi connectivity index (χ4v) is 3.96. The van der Waals surface area contributed by atoms with Crippen molar-refractivity contribution in [2.24, 2.45) is 0 Å². The number of carbonyl (C=O) groups is 1. The van der Waals surface area contributed by atoms with Gasteiger partial charge in [0.25, 0.3) is 5.91 Å². The van der Waals surface area contributed by atoms with Gasteiger partial charge in [0, 0.05) is 31.6 Å². The van der Waals surface area contributed by atoms with E-state index in [-0.39, 0.29) is 5.91 Å². The van der Waals surface area contributed by atoms with E-state index in [0.29, 0.717) is 18.0 Å². The molecule has 0 spiro atoms. The third kappa shape index (κ3) is 4.94. The molecular weight excluding hydrogens is 374 g/mol. The van der Waals surface area contributed by atoms with Gasteiger partial charge in [-0.1, -0.05) is 55.5 Å². The van der Waals surface area contributed by atoms with Gasteiger partial charge in [-0.05, 0) is 36.6 Å². The van der Waals surface area contributed by atoms with E-state index in [9.17, 15) is 4.79 Å². The van der Waals surface area contributed by atoms with E-state index in [1.807, 2.05) is 30.3 Å². The maximum absolute atomic E-state index is 12.3. The summed E-state index contributed by atoms with van der Waals surface area (Å²) in [7, 11) is 0. The number of hydrogen-bond acceptors (Lipinski definition) is 4. The molecule has 0 saturated heterocycles. The number of nitrogens with zero attached hydrogens (tertiary/aromatic N) is 4. The average molecular weight is 404 g/mol. The Bertz CT molecular complexity index is 954. The van der Waals surface area contributed by atoms with Crippen molar-refractivity contribution in [3.8, 4) is 0 Å². The van der Waals surface area contributed by atoms with Crippen molar-refractivity contribution in [1.82, 2.24) is 25.0 Å². The third-order valence-corrected chi connectivity index (χ3v) is 5.89.